The fourth-order valence-electron chi connectivity index (χ4n) is 7.30. The Morgan fingerprint density at radius 2 is 0.850 bits per heavy atom. The topological polar surface area (TPSA) is 111 Å². The standard InChI is InChI=1S/C51H97NO8/c1-6-8-10-12-14-16-17-18-19-20-21-22-23-24-25-26-27-28-29-30-31-32-33-34-36-38-40-42-49(54)60-47(46-59-51(50(55)56)57-44-43-52(3,4)5)45-58-48(53)41-39-37-35-15-13-11-9-7-2/h20-21,47,51H,6-19,22-46H2,1-5H3/b21-20-. The summed E-state index contributed by atoms with van der Waals surface area (Å²) in [6.07, 6.45) is 44.2. The maximum absolute atomic E-state index is 12.8. The Kier molecular flexibility index (Phi) is 42.2. The average Bonchev–Trinajstić information content (AvgIpc) is 3.21. The van der Waals surface area contributed by atoms with E-state index < -0.39 is 24.3 Å². The molecule has 0 saturated carbocycles. The number of hydrogen-bond acceptors (Lipinski definition) is 8. The van der Waals surface area contributed by atoms with E-state index in [1.807, 2.05) is 21.1 Å². The molecule has 0 saturated heterocycles. The molecule has 0 aromatic heterocycles. The zero-order valence-electron chi connectivity index (χ0n) is 40.1. The van der Waals surface area contributed by atoms with E-state index in [4.69, 9.17) is 18.9 Å². The van der Waals surface area contributed by atoms with Gasteiger partial charge < -0.3 is 33.3 Å². The van der Waals surface area contributed by atoms with E-state index >= 15 is 0 Å². The number of esters is 2. The van der Waals surface area contributed by atoms with E-state index in [0.717, 1.165) is 38.5 Å². The monoisotopic (exact) mass is 852 g/mol. The summed E-state index contributed by atoms with van der Waals surface area (Å²) in [5, 5.41) is 11.7. The van der Waals surface area contributed by atoms with Crippen LogP contribution in [0.25, 0.3) is 0 Å². The lowest BCUT2D eigenvalue weighted by Gasteiger charge is -2.26. The van der Waals surface area contributed by atoms with Crippen LogP contribution in [0, 0.1) is 0 Å². The Hall–Kier alpha value is -1.97. The van der Waals surface area contributed by atoms with Crippen LogP contribution in [-0.2, 0) is 33.3 Å². The van der Waals surface area contributed by atoms with Crippen LogP contribution in [-0.4, -0.2) is 82.3 Å². The highest BCUT2D eigenvalue weighted by Gasteiger charge is 2.22. The van der Waals surface area contributed by atoms with Crippen molar-refractivity contribution in [2.75, 3.05) is 47.5 Å². The maximum atomic E-state index is 12.8. The molecule has 2 unspecified atom stereocenters. The van der Waals surface area contributed by atoms with Crippen molar-refractivity contribution in [2.24, 2.45) is 0 Å². The molecule has 0 N–H and O–H groups in total. The van der Waals surface area contributed by atoms with Gasteiger partial charge in [0.25, 0.3) is 0 Å². The lowest BCUT2D eigenvalue weighted by atomic mass is 10.0. The summed E-state index contributed by atoms with van der Waals surface area (Å²) in [5.74, 6) is -2.27. The molecule has 9 nitrogen and oxygen atoms in total. The van der Waals surface area contributed by atoms with Gasteiger partial charge in [-0.3, -0.25) is 9.59 Å². The molecule has 0 amide bonds. The molecule has 0 heterocycles. The summed E-state index contributed by atoms with van der Waals surface area (Å²) in [7, 11) is 5.91. The zero-order valence-corrected chi connectivity index (χ0v) is 40.1. The van der Waals surface area contributed by atoms with Crippen LogP contribution in [0.1, 0.15) is 239 Å². The molecule has 0 rings (SSSR count). The number of rotatable bonds is 47. The number of carboxylic acid groups (broad SMARTS) is 1. The summed E-state index contributed by atoms with van der Waals surface area (Å²) in [6, 6.07) is 0. The summed E-state index contributed by atoms with van der Waals surface area (Å²) < 4.78 is 22.5. The average molecular weight is 852 g/mol. The SMILES string of the molecule is CCCCCCCCCC/C=C\CCCCCCCCCCCCCCCCCC(=O)OC(COC(=O)CCCCCCCCCC)COC(OCC[N+](C)(C)C)C(=O)[O-]. The van der Waals surface area contributed by atoms with Crippen molar-refractivity contribution in [3.63, 3.8) is 0 Å². The molecule has 9 heteroatoms. The van der Waals surface area contributed by atoms with Crippen LogP contribution >= 0.6 is 0 Å². The quantitative estimate of drug-likeness (QED) is 0.0196. The van der Waals surface area contributed by atoms with E-state index in [-0.39, 0.29) is 32.2 Å². The number of carbonyl (C=O) groups excluding carboxylic acids is 3. The van der Waals surface area contributed by atoms with E-state index in [1.54, 1.807) is 0 Å². The number of nitrogens with zero attached hydrogens (tertiary/aromatic N) is 1. The predicted octanol–water partition coefficient (Wildman–Crippen LogP) is 12.5. The Bertz CT molecular complexity index is 996. The molecule has 0 fully saturated rings. The minimum absolute atomic E-state index is 0.151. The van der Waals surface area contributed by atoms with Crippen molar-refractivity contribution >= 4 is 17.9 Å². The van der Waals surface area contributed by atoms with E-state index in [0.29, 0.717) is 17.4 Å². The van der Waals surface area contributed by atoms with Gasteiger partial charge in [0, 0.05) is 12.8 Å². The summed E-state index contributed by atoms with van der Waals surface area (Å²) >= 11 is 0. The number of carboxylic acids is 1. The first-order chi connectivity index (χ1) is 29.1. The number of allylic oxidation sites excluding steroid dienone is 2. The Labute approximate surface area is 370 Å². The number of unbranched alkanes of at least 4 members (excludes halogenated alkanes) is 30. The van der Waals surface area contributed by atoms with Crippen LogP contribution in [0.3, 0.4) is 0 Å². The van der Waals surface area contributed by atoms with Gasteiger partial charge in [-0.25, -0.2) is 0 Å². The smallest absolute Gasteiger partial charge is 0.306 e. The van der Waals surface area contributed by atoms with Gasteiger partial charge in [0.1, 0.15) is 13.2 Å². The van der Waals surface area contributed by atoms with Crippen molar-refractivity contribution in [3.05, 3.63) is 12.2 Å². The van der Waals surface area contributed by atoms with Crippen LogP contribution in [0.5, 0.6) is 0 Å². The second kappa shape index (κ2) is 43.7. The largest absolute Gasteiger partial charge is 0.545 e. The molecular formula is C51H97NO8. The molecule has 0 aromatic rings. The van der Waals surface area contributed by atoms with Gasteiger partial charge in [0.2, 0.25) is 0 Å². The maximum Gasteiger partial charge on any atom is 0.306 e. The molecule has 0 aliphatic carbocycles. The highest BCUT2D eigenvalue weighted by Crippen LogP contribution is 2.16. The summed E-state index contributed by atoms with van der Waals surface area (Å²) in [4.78, 5) is 36.9. The molecule has 0 bridgehead atoms. The van der Waals surface area contributed by atoms with E-state index in [2.05, 4.69) is 26.0 Å². The molecule has 0 spiro atoms. The lowest BCUT2D eigenvalue weighted by molar-refractivity contribution is -0.870. The molecule has 0 aliphatic rings. The number of hydrogen-bond donors (Lipinski definition) is 0. The number of ether oxygens (including phenoxy) is 4. The normalized spacial score (nSPS) is 12.9. The number of likely N-dealkylation sites (N-methyl/N-ethyl adjacent to an activating group) is 1. The molecule has 354 valence electrons. The first kappa shape index (κ1) is 58.0. The molecule has 60 heavy (non-hydrogen) atoms. The van der Waals surface area contributed by atoms with Gasteiger partial charge in [-0.1, -0.05) is 199 Å². The Morgan fingerprint density at radius 3 is 1.23 bits per heavy atom. The number of carbonyl (C=O) groups is 3. The molecule has 0 aromatic carbocycles. The van der Waals surface area contributed by atoms with Gasteiger partial charge >= 0.3 is 11.9 Å². The van der Waals surface area contributed by atoms with Crippen LogP contribution in [0.4, 0.5) is 0 Å². The van der Waals surface area contributed by atoms with Gasteiger partial charge in [0.05, 0.1) is 40.3 Å². The summed E-state index contributed by atoms with van der Waals surface area (Å²) in [5.41, 5.74) is 0. The third-order valence-corrected chi connectivity index (χ3v) is 11.3. The molecular weight excluding hydrogens is 755 g/mol. The third kappa shape index (κ3) is 44.1. The zero-order chi connectivity index (χ0) is 44.2. The molecule has 0 radical (unpaired) electrons. The Balaban J connectivity index is 4.09. The van der Waals surface area contributed by atoms with Crippen LogP contribution in [0.2, 0.25) is 0 Å². The van der Waals surface area contributed by atoms with Gasteiger partial charge in [-0.15, -0.1) is 0 Å². The number of quaternary nitrogens is 1. The van der Waals surface area contributed by atoms with Crippen molar-refractivity contribution in [1.29, 1.82) is 0 Å². The molecule has 0 aliphatic heterocycles. The highest BCUT2D eigenvalue weighted by molar-refractivity contribution is 5.70. The first-order valence-corrected chi connectivity index (χ1v) is 25.3. The highest BCUT2D eigenvalue weighted by atomic mass is 16.7. The fourth-order valence-corrected chi connectivity index (χ4v) is 7.30. The van der Waals surface area contributed by atoms with Gasteiger partial charge in [-0.2, -0.15) is 0 Å². The van der Waals surface area contributed by atoms with E-state index in [1.165, 1.54) is 173 Å². The number of aliphatic carboxylic acids is 1. The second-order valence-electron chi connectivity index (χ2n) is 18.5. The fraction of sp³-hybridized carbons (Fsp3) is 0.902. The van der Waals surface area contributed by atoms with E-state index in [9.17, 15) is 19.5 Å². The van der Waals surface area contributed by atoms with Crippen molar-refractivity contribution in [1.82, 2.24) is 0 Å². The van der Waals surface area contributed by atoms with Crippen molar-refractivity contribution in [2.45, 2.75) is 251 Å². The third-order valence-electron chi connectivity index (χ3n) is 11.3. The predicted molar refractivity (Wildman–Crippen MR) is 247 cm³/mol. The minimum atomic E-state index is -1.61. The van der Waals surface area contributed by atoms with Crippen LogP contribution in [0.15, 0.2) is 12.2 Å². The van der Waals surface area contributed by atoms with Crippen molar-refractivity contribution in [3.8, 4) is 0 Å². The van der Waals surface area contributed by atoms with Gasteiger partial charge in [-0.05, 0) is 38.5 Å². The summed E-state index contributed by atoms with van der Waals surface area (Å²) in [6.45, 7) is 4.73. The first-order valence-electron chi connectivity index (χ1n) is 25.3. The van der Waals surface area contributed by atoms with Crippen molar-refractivity contribution < 1.29 is 42.9 Å². The van der Waals surface area contributed by atoms with Crippen LogP contribution < -0.4 is 5.11 Å². The Morgan fingerprint density at radius 1 is 0.483 bits per heavy atom. The minimum Gasteiger partial charge on any atom is -0.545 e. The van der Waals surface area contributed by atoms with Gasteiger partial charge in [0.15, 0.2) is 12.4 Å². The lowest BCUT2D eigenvalue weighted by Crippen LogP contribution is -2.44. The second-order valence-corrected chi connectivity index (χ2v) is 18.5. The molecule has 2 atom stereocenters.